The van der Waals surface area contributed by atoms with Crippen LogP contribution >= 0.6 is 12.2 Å². The minimum atomic E-state index is -0.382. The van der Waals surface area contributed by atoms with Crippen LogP contribution in [0.25, 0.3) is 0 Å². The van der Waals surface area contributed by atoms with Gasteiger partial charge in [0, 0.05) is 11.1 Å². The van der Waals surface area contributed by atoms with E-state index in [1.54, 1.807) is 18.2 Å². The number of benzene rings is 1. The van der Waals surface area contributed by atoms with Crippen LogP contribution in [0.1, 0.15) is 38.3 Å². The molecule has 0 radical (unpaired) electrons. The second-order valence-electron chi connectivity index (χ2n) is 4.54. The highest BCUT2D eigenvalue weighted by Crippen LogP contribution is 2.19. The number of hydrogen-bond donors (Lipinski definition) is 1. The third-order valence-corrected chi connectivity index (χ3v) is 3.03. The van der Waals surface area contributed by atoms with Gasteiger partial charge in [0.1, 0.15) is 10.8 Å². The Morgan fingerprint density at radius 1 is 1.47 bits per heavy atom. The van der Waals surface area contributed by atoms with Crippen molar-refractivity contribution in [3.8, 4) is 0 Å². The minimum Gasteiger partial charge on any atom is -0.389 e. The van der Waals surface area contributed by atoms with Gasteiger partial charge >= 0.3 is 0 Å². The van der Waals surface area contributed by atoms with Gasteiger partial charge in [-0.2, -0.15) is 0 Å². The van der Waals surface area contributed by atoms with Crippen molar-refractivity contribution in [3.63, 3.8) is 0 Å². The van der Waals surface area contributed by atoms with E-state index in [4.69, 9.17) is 22.7 Å². The molecule has 0 spiro atoms. The van der Waals surface area contributed by atoms with Crippen LogP contribution in [0.5, 0.6) is 0 Å². The third kappa shape index (κ3) is 3.75. The number of halogens is 1. The molecule has 1 aromatic carbocycles. The van der Waals surface area contributed by atoms with Crippen LogP contribution in [0.2, 0.25) is 0 Å². The second kappa shape index (κ2) is 5.56. The van der Waals surface area contributed by atoms with Crippen molar-refractivity contribution in [2.45, 2.75) is 39.4 Å². The van der Waals surface area contributed by atoms with E-state index in [1.165, 1.54) is 0 Å². The van der Waals surface area contributed by atoms with Crippen molar-refractivity contribution in [2.75, 3.05) is 0 Å². The first-order valence-corrected chi connectivity index (χ1v) is 5.99. The maximum atomic E-state index is 14.0. The molecule has 0 aliphatic rings. The lowest BCUT2D eigenvalue weighted by molar-refractivity contribution is -0.0326. The van der Waals surface area contributed by atoms with Gasteiger partial charge in [0.25, 0.3) is 0 Å². The van der Waals surface area contributed by atoms with Gasteiger partial charge in [-0.05, 0) is 26.3 Å². The molecule has 1 aromatic rings. The summed E-state index contributed by atoms with van der Waals surface area (Å²) in [4.78, 5) is 0.0686. The molecule has 0 atom stereocenters. The van der Waals surface area contributed by atoms with Gasteiger partial charge in [0.05, 0.1) is 12.2 Å². The zero-order valence-electron chi connectivity index (χ0n) is 10.4. The van der Waals surface area contributed by atoms with Crippen LogP contribution in [0.3, 0.4) is 0 Å². The maximum absolute atomic E-state index is 14.0. The molecule has 0 saturated heterocycles. The van der Waals surface area contributed by atoms with Gasteiger partial charge in [0.15, 0.2) is 0 Å². The van der Waals surface area contributed by atoms with Crippen molar-refractivity contribution < 1.29 is 9.13 Å². The van der Waals surface area contributed by atoms with Crippen molar-refractivity contribution in [2.24, 2.45) is 5.73 Å². The maximum Gasteiger partial charge on any atom is 0.138 e. The highest BCUT2D eigenvalue weighted by Gasteiger charge is 2.17. The van der Waals surface area contributed by atoms with Crippen molar-refractivity contribution in [1.82, 2.24) is 0 Å². The number of rotatable bonds is 5. The van der Waals surface area contributed by atoms with Crippen LogP contribution in [0.4, 0.5) is 4.39 Å². The number of thiocarbonyl (C=S) groups is 1. The SMILES string of the molecule is CCC(C)(C)OCc1cccc(C(N)=S)c1F. The fraction of sp³-hybridized carbons (Fsp3) is 0.462. The molecular formula is C13H18FNOS. The van der Waals surface area contributed by atoms with E-state index in [9.17, 15) is 4.39 Å². The average molecular weight is 255 g/mol. The van der Waals surface area contributed by atoms with Gasteiger partial charge in [-0.25, -0.2) is 4.39 Å². The van der Waals surface area contributed by atoms with E-state index in [-0.39, 0.29) is 28.6 Å². The Labute approximate surface area is 107 Å². The normalized spacial score (nSPS) is 11.5. The molecule has 17 heavy (non-hydrogen) atoms. The average Bonchev–Trinajstić information content (AvgIpc) is 2.27. The number of nitrogens with two attached hydrogens (primary N) is 1. The summed E-state index contributed by atoms with van der Waals surface area (Å²) >= 11 is 4.79. The Morgan fingerprint density at radius 2 is 2.12 bits per heavy atom. The first-order valence-electron chi connectivity index (χ1n) is 5.58. The fourth-order valence-corrected chi connectivity index (χ4v) is 1.41. The van der Waals surface area contributed by atoms with E-state index < -0.39 is 0 Å². The molecule has 0 amide bonds. The van der Waals surface area contributed by atoms with Gasteiger partial charge in [0.2, 0.25) is 0 Å². The molecule has 94 valence electrons. The Morgan fingerprint density at radius 3 is 2.65 bits per heavy atom. The van der Waals surface area contributed by atoms with Crippen molar-refractivity contribution >= 4 is 17.2 Å². The van der Waals surface area contributed by atoms with Crippen LogP contribution in [0, 0.1) is 5.82 Å². The third-order valence-electron chi connectivity index (χ3n) is 2.81. The summed E-state index contributed by atoms with van der Waals surface area (Å²) in [6.45, 7) is 6.20. The summed E-state index contributed by atoms with van der Waals surface area (Å²) in [5.74, 6) is -0.382. The highest BCUT2D eigenvalue weighted by molar-refractivity contribution is 7.80. The minimum absolute atomic E-state index is 0.0686. The Balaban J connectivity index is 2.86. The first kappa shape index (κ1) is 14.1. The Bertz CT molecular complexity index is 418. The van der Waals surface area contributed by atoms with Crippen LogP contribution in [0.15, 0.2) is 18.2 Å². The van der Waals surface area contributed by atoms with Gasteiger partial charge < -0.3 is 10.5 Å². The van der Waals surface area contributed by atoms with Gasteiger partial charge in [-0.3, -0.25) is 0 Å². The Kier molecular flexibility index (Phi) is 4.60. The predicted molar refractivity (Wildman–Crippen MR) is 71.4 cm³/mol. The second-order valence-corrected chi connectivity index (χ2v) is 4.98. The summed E-state index contributed by atoms with van der Waals surface area (Å²) < 4.78 is 19.6. The molecule has 2 nitrogen and oxygen atoms in total. The molecule has 1 rings (SSSR count). The lowest BCUT2D eigenvalue weighted by Crippen LogP contribution is -2.23. The summed E-state index contributed by atoms with van der Waals surface area (Å²) in [7, 11) is 0. The highest BCUT2D eigenvalue weighted by atomic mass is 32.1. The largest absolute Gasteiger partial charge is 0.389 e. The number of ether oxygens (including phenoxy) is 1. The summed E-state index contributed by atoms with van der Waals surface area (Å²) in [5, 5.41) is 0. The van der Waals surface area contributed by atoms with Crippen LogP contribution < -0.4 is 5.73 Å². The fourth-order valence-electron chi connectivity index (χ4n) is 1.26. The van der Waals surface area contributed by atoms with Crippen LogP contribution in [-0.2, 0) is 11.3 Å². The van der Waals surface area contributed by atoms with Crippen LogP contribution in [-0.4, -0.2) is 10.6 Å². The topological polar surface area (TPSA) is 35.2 Å². The first-order chi connectivity index (χ1) is 7.87. The monoisotopic (exact) mass is 255 g/mol. The molecule has 0 fully saturated rings. The van der Waals surface area contributed by atoms with Gasteiger partial charge in [-0.1, -0.05) is 31.3 Å². The molecule has 4 heteroatoms. The van der Waals surface area contributed by atoms with Gasteiger partial charge in [-0.15, -0.1) is 0 Å². The predicted octanol–water partition coefficient (Wildman–Crippen LogP) is 3.17. The number of hydrogen-bond acceptors (Lipinski definition) is 2. The molecule has 0 aliphatic heterocycles. The lowest BCUT2D eigenvalue weighted by Gasteiger charge is -2.23. The molecular weight excluding hydrogens is 237 g/mol. The van der Waals surface area contributed by atoms with E-state index in [1.807, 2.05) is 20.8 Å². The smallest absolute Gasteiger partial charge is 0.138 e. The molecule has 0 aliphatic carbocycles. The molecule has 0 unspecified atom stereocenters. The zero-order valence-corrected chi connectivity index (χ0v) is 11.2. The molecule has 0 heterocycles. The molecule has 0 bridgehead atoms. The summed E-state index contributed by atoms with van der Waals surface area (Å²) in [6.07, 6.45) is 0.865. The lowest BCUT2D eigenvalue weighted by atomic mass is 10.1. The van der Waals surface area contributed by atoms with E-state index in [2.05, 4.69) is 0 Å². The van der Waals surface area contributed by atoms with E-state index in [0.717, 1.165) is 6.42 Å². The Hall–Kier alpha value is -1.00. The van der Waals surface area contributed by atoms with E-state index >= 15 is 0 Å². The van der Waals surface area contributed by atoms with Crippen molar-refractivity contribution in [3.05, 3.63) is 35.1 Å². The molecule has 0 saturated carbocycles. The molecule has 2 N–H and O–H groups in total. The summed E-state index contributed by atoms with van der Waals surface area (Å²) in [5.41, 5.74) is 5.94. The van der Waals surface area contributed by atoms with E-state index in [0.29, 0.717) is 5.56 Å². The summed E-state index contributed by atoms with van der Waals surface area (Å²) in [6, 6.07) is 4.99. The molecule has 0 aromatic heterocycles. The standard InChI is InChI=1S/C13H18FNOS/c1-4-13(2,3)16-8-9-6-5-7-10(11(9)14)12(15)17/h5-7H,4,8H2,1-3H3,(H2,15,17). The van der Waals surface area contributed by atoms with Crippen molar-refractivity contribution in [1.29, 1.82) is 0 Å². The quantitative estimate of drug-likeness (QED) is 0.821. The zero-order chi connectivity index (χ0) is 13.1.